The minimum Gasteiger partial charge on any atom is -0.481 e. The molecule has 2 heterocycles. The van der Waals surface area contributed by atoms with Crippen LogP contribution in [0.25, 0.3) is 0 Å². The second kappa shape index (κ2) is 8.33. The molecule has 2 aliphatic rings. The van der Waals surface area contributed by atoms with Gasteiger partial charge in [0.2, 0.25) is 11.8 Å². The van der Waals surface area contributed by atoms with Crippen LogP contribution in [0.3, 0.4) is 0 Å². The Labute approximate surface area is 163 Å². The Balaban J connectivity index is 1.70. The van der Waals surface area contributed by atoms with Crippen LogP contribution in [-0.2, 0) is 19.8 Å². The molecule has 6 nitrogen and oxygen atoms in total. The lowest BCUT2D eigenvalue weighted by molar-refractivity contribution is -0.150. The fourth-order valence-corrected chi connectivity index (χ4v) is 5.13. The molecule has 2 aliphatic heterocycles. The van der Waals surface area contributed by atoms with Crippen molar-refractivity contribution < 1.29 is 19.5 Å². The molecule has 0 bridgehead atoms. The fraction of sp³-hybridized carbons (Fsp3) is 0.550. The Morgan fingerprint density at radius 1 is 1.19 bits per heavy atom. The molecule has 2 fully saturated rings. The van der Waals surface area contributed by atoms with Crippen molar-refractivity contribution in [2.24, 2.45) is 0 Å². The van der Waals surface area contributed by atoms with Crippen LogP contribution in [0.15, 0.2) is 30.3 Å². The summed E-state index contributed by atoms with van der Waals surface area (Å²) in [5.74, 6) is 0.329. The van der Waals surface area contributed by atoms with Crippen LogP contribution in [0, 0.1) is 0 Å². The molecule has 0 saturated carbocycles. The number of piperidine rings is 1. The van der Waals surface area contributed by atoms with Gasteiger partial charge in [0, 0.05) is 25.3 Å². The van der Waals surface area contributed by atoms with Crippen molar-refractivity contribution in [3.63, 3.8) is 0 Å². The maximum absolute atomic E-state index is 13.0. The van der Waals surface area contributed by atoms with Gasteiger partial charge in [-0.3, -0.25) is 14.4 Å². The largest absolute Gasteiger partial charge is 0.481 e. The van der Waals surface area contributed by atoms with Gasteiger partial charge in [-0.1, -0.05) is 37.3 Å². The van der Waals surface area contributed by atoms with E-state index in [9.17, 15) is 19.5 Å². The minimum absolute atomic E-state index is 0.0297. The van der Waals surface area contributed by atoms with Crippen molar-refractivity contribution in [3.05, 3.63) is 35.9 Å². The molecule has 1 aromatic carbocycles. The molecule has 0 radical (unpaired) electrons. The molecular weight excluding hydrogens is 364 g/mol. The molecule has 146 valence electrons. The van der Waals surface area contributed by atoms with E-state index in [1.807, 2.05) is 37.3 Å². The van der Waals surface area contributed by atoms with Gasteiger partial charge in [-0.15, -0.1) is 11.8 Å². The van der Waals surface area contributed by atoms with E-state index in [0.29, 0.717) is 44.0 Å². The van der Waals surface area contributed by atoms with E-state index in [-0.39, 0.29) is 11.8 Å². The number of aliphatic carboxylic acids is 1. The zero-order valence-corrected chi connectivity index (χ0v) is 16.4. The second-order valence-electron chi connectivity index (χ2n) is 7.21. The summed E-state index contributed by atoms with van der Waals surface area (Å²) < 4.78 is 0. The maximum Gasteiger partial charge on any atom is 0.314 e. The average Bonchev–Trinajstić information content (AvgIpc) is 3.18. The van der Waals surface area contributed by atoms with Crippen LogP contribution in [0.1, 0.15) is 38.2 Å². The monoisotopic (exact) mass is 390 g/mol. The summed E-state index contributed by atoms with van der Waals surface area (Å²) in [7, 11) is 0. The molecule has 2 saturated heterocycles. The highest BCUT2D eigenvalue weighted by molar-refractivity contribution is 7.99. The van der Waals surface area contributed by atoms with Crippen molar-refractivity contribution in [1.29, 1.82) is 0 Å². The van der Waals surface area contributed by atoms with Gasteiger partial charge in [0.15, 0.2) is 0 Å². The van der Waals surface area contributed by atoms with E-state index < -0.39 is 17.4 Å². The highest BCUT2D eigenvalue weighted by atomic mass is 32.2. The van der Waals surface area contributed by atoms with E-state index >= 15 is 0 Å². The minimum atomic E-state index is -0.944. The molecule has 3 rings (SSSR count). The van der Waals surface area contributed by atoms with E-state index in [1.54, 1.807) is 21.6 Å². The number of carbonyl (C=O) groups excluding carboxylic acids is 2. The first-order valence-corrected chi connectivity index (χ1v) is 10.6. The lowest BCUT2D eigenvalue weighted by Crippen LogP contribution is -2.54. The number of hydrogen-bond donors (Lipinski definition) is 1. The number of amides is 2. The Morgan fingerprint density at radius 3 is 2.44 bits per heavy atom. The molecule has 0 spiro atoms. The fourth-order valence-electron chi connectivity index (χ4n) is 3.95. The van der Waals surface area contributed by atoms with Gasteiger partial charge < -0.3 is 14.9 Å². The molecule has 1 unspecified atom stereocenters. The number of rotatable bonds is 5. The smallest absolute Gasteiger partial charge is 0.314 e. The Bertz CT molecular complexity index is 701. The summed E-state index contributed by atoms with van der Waals surface area (Å²) in [4.78, 5) is 40.8. The van der Waals surface area contributed by atoms with Crippen LogP contribution in [0.5, 0.6) is 0 Å². The van der Waals surface area contributed by atoms with Gasteiger partial charge in [-0.2, -0.15) is 0 Å². The van der Waals surface area contributed by atoms with Gasteiger partial charge in [-0.25, -0.2) is 0 Å². The lowest BCUT2D eigenvalue weighted by atomic mass is 9.72. The second-order valence-corrected chi connectivity index (χ2v) is 8.21. The Morgan fingerprint density at radius 2 is 1.85 bits per heavy atom. The first-order valence-electron chi connectivity index (χ1n) is 9.44. The number of carbonyl (C=O) groups is 3. The quantitative estimate of drug-likeness (QED) is 0.835. The zero-order chi connectivity index (χ0) is 19.4. The number of likely N-dealkylation sites (tertiary alicyclic amines) is 1. The predicted octanol–water partition coefficient (Wildman–Crippen LogP) is 2.33. The lowest BCUT2D eigenvalue weighted by Gasteiger charge is -2.40. The number of hydrogen-bond acceptors (Lipinski definition) is 4. The third kappa shape index (κ3) is 3.83. The molecule has 0 aliphatic carbocycles. The third-order valence-electron chi connectivity index (χ3n) is 5.62. The standard InChI is InChI=1S/C20H26N2O4S/c1-2-6-17(23)22-14-27-13-16(22)18(24)21-11-9-20(10-12-21,19(25)26)15-7-4-3-5-8-15/h3-5,7-8,16H,2,6,9-14H2,1H3,(H,25,26). The normalized spacial score (nSPS) is 21.9. The summed E-state index contributed by atoms with van der Waals surface area (Å²) in [5, 5.41) is 9.89. The first kappa shape index (κ1) is 19.7. The SMILES string of the molecule is CCCC(=O)N1CSCC1C(=O)N1CCC(C(=O)O)(c2ccccc2)CC1. The van der Waals surface area contributed by atoms with Crippen LogP contribution >= 0.6 is 11.8 Å². The third-order valence-corrected chi connectivity index (χ3v) is 6.63. The van der Waals surface area contributed by atoms with Gasteiger partial charge in [0.1, 0.15) is 6.04 Å². The van der Waals surface area contributed by atoms with Gasteiger partial charge in [-0.05, 0) is 24.8 Å². The highest BCUT2D eigenvalue weighted by Crippen LogP contribution is 2.36. The summed E-state index contributed by atoms with van der Waals surface area (Å²) in [6.45, 7) is 2.76. The van der Waals surface area contributed by atoms with Crippen molar-refractivity contribution in [2.45, 2.75) is 44.1 Å². The number of benzene rings is 1. The van der Waals surface area contributed by atoms with E-state index in [1.165, 1.54) is 0 Å². The summed E-state index contributed by atoms with van der Waals surface area (Å²) >= 11 is 1.60. The molecule has 1 N–H and O–H groups in total. The molecule has 1 atom stereocenters. The molecule has 2 amide bonds. The van der Waals surface area contributed by atoms with Gasteiger partial charge >= 0.3 is 5.97 Å². The summed E-state index contributed by atoms with van der Waals surface area (Å²) in [6, 6.07) is 8.87. The van der Waals surface area contributed by atoms with Crippen molar-refractivity contribution in [3.8, 4) is 0 Å². The number of nitrogens with zero attached hydrogens (tertiary/aromatic N) is 2. The summed E-state index contributed by atoms with van der Waals surface area (Å²) in [5.41, 5.74) is -0.152. The molecular formula is C20H26N2O4S. The molecule has 1 aromatic rings. The average molecular weight is 391 g/mol. The molecule has 27 heavy (non-hydrogen) atoms. The Hall–Kier alpha value is -2.02. The predicted molar refractivity (Wildman–Crippen MR) is 104 cm³/mol. The van der Waals surface area contributed by atoms with Crippen LogP contribution in [0.4, 0.5) is 0 Å². The van der Waals surface area contributed by atoms with Crippen LogP contribution in [0.2, 0.25) is 0 Å². The van der Waals surface area contributed by atoms with Gasteiger partial charge in [0.05, 0.1) is 11.3 Å². The Kier molecular flexibility index (Phi) is 6.09. The van der Waals surface area contributed by atoms with Crippen molar-refractivity contribution >= 4 is 29.5 Å². The topological polar surface area (TPSA) is 77.9 Å². The van der Waals surface area contributed by atoms with E-state index in [2.05, 4.69) is 0 Å². The van der Waals surface area contributed by atoms with Crippen molar-refractivity contribution in [1.82, 2.24) is 9.80 Å². The molecule has 0 aromatic heterocycles. The maximum atomic E-state index is 13.0. The first-order chi connectivity index (χ1) is 13.0. The zero-order valence-electron chi connectivity index (χ0n) is 15.6. The summed E-state index contributed by atoms with van der Waals surface area (Å²) in [6.07, 6.45) is 2.00. The van der Waals surface area contributed by atoms with E-state index in [4.69, 9.17) is 0 Å². The molecule has 7 heteroatoms. The van der Waals surface area contributed by atoms with Gasteiger partial charge in [0.25, 0.3) is 0 Å². The van der Waals surface area contributed by atoms with Crippen molar-refractivity contribution in [2.75, 3.05) is 24.7 Å². The number of carboxylic acids is 1. The highest BCUT2D eigenvalue weighted by Gasteiger charge is 2.45. The van der Waals surface area contributed by atoms with E-state index in [0.717, 1.165) is 12.0 Å². The van der Waals surface area contributed by atoms with Crippen LogP contribution in [-0.4, -0.2) is 63.5 Å². The van der Waals surface area contributed by atoms with Crippen LogP contribution < -0.4 is 0 Å². The number of thioether (sulfide) groups is 1. The number of carboxylic acid groups (broad SMARTS) is 1.